The Hall–Kier alpha value is -1.46. The standard InChI is InChI=1S/C21H23Cl3N2O2/c22-16-3-1-15(2-4-16)13-21(27)25-9-12-26-10-7-17(8-11-26)28-18-5-6-19(23)20(24)14-18/h1-6,14,17H,7-13H2,(H,25,27). The molecule has 0 aliphatic carbocycles. The second-order valence-corrected chi connectivity index (χ2v) is 8.14. The van der Waals surface area contributed by atoms with E-state index in [2.05, 4.69) is 10.2 Å². The van der Waals surface area contributed by atoms with E-state index in [1.54, 1.807) is 24.3 Å². The molecule has 1 fully saturated rings. The van der Waals surface area contributed by atoms with Gasteiger partial charge < -0.3 is 15.0 Å². The monoisotopic (exact) mass is 440 g/mol. The number of ether oxygens (including phenoxy) is 1. The Morgan fingerprint density at radius 2 is 1.75 bits per heavy atom. The number of carbonyl (C=O) groups excluding carboxylic acids is 1. The van der Waals surface area contributed by atoms with E-state index in [0.717, 1.165) is 43.8 Å². The number of likely N-dealkylation sites (tertiary alicyclic amines) is 1. The number of piperidine rings is 1. The Morgan fingerprint density at radius 3 is 2.43 bits per heavy atom. The average molecular weight is 442 g/mol. The van der Waals surface area contributed by atoms with Crippen LogP contribution in [0.4, 0.5) is 0 Å². The van der Waals surface area contributed by atoms with E-state index in [4.69, 9.17) is 39.5 Å². The molecule has 1 aliphatic rings. The van der Waals surface area contributed by atoms with Crippen molar-refractivity contribution in [3.8, 4) is 5.75 Å². The summed E-state index contributed by atoms with van der Waals surface area (Å²) in [5.74, 6) is 0.780. The minimum atomic E-state index is 0.0279. The summed E-state index contributed by atoms with van der Waals surface area (Å²) in [5, 5.41) is 4.70. The number of carbonyl (C=O) groups is 1. The lowest BCUT2D eigenvalue weighted by Gasteiger charge is -2.32. The lowest BCUT2D eigenvalue weighted by Crippen LogP contribution is -2.42. The van der Waals surface area contributed by atoms with Crippen molar-refractivity contribution in [1.29, 1.82) is 0 Å². The van der Waals surface area contributed by atoms with Crippen molar-refractivity contribution in [3.05, 3.63) is 63.1 Å². The second-order valence-electron chi connectivity index (χ2n) is 6.89. The highest BCUT2D eigenvalue weighted by atomic mass is 35.5. The van der Waals surface area contributed by atoms with Gasteiger partial charge in [-0.15, -0.1) is 0 Å². The third-order valence-corrected chi connectivity index (χ3v) is 5.75. The first-order chi connectivity index (χ1) is 13.5. The van der Waals surface area contributed by atoms with Crippen LogP contribution in [0.25, 0.3) is 0 Å². The number of hydrogen-bond donors (Lipinski definition) is 1. The Kier molecular flexibility index (Phi) is 7.86. The molecular formula is C21H23Cl3N2O2. The van der Waals surface area contributed by atoms with Crippen LogP contribution in [0.1, 0.15) is 18.4 Å². The minimum absolute atomic E-state index is 0.0279. The molecule has 28 heavy (non-hydrogen) atoms. The smallest absolute Gasteiger partial charge is 0.224 e. The molecule has 1 heterocycles. The van der Waals surface area contributed by atoms with E-state index < -0.39 is 0 Å². The van der Waals surface area contributed by atoms with Gasteiger partial charge in [-0.2, -0.15) is 0 Å². The van der Waals surface area contributed by atoms with Crippen LogP contribution >= 0.6 is 34.8 Å². The maximum Gasteiger partial charge on any atom is 0.224 e. The number of rotatable bonds is 7. The normalized spacial score (nSPS) is 15.4. The predicted octanol–water partition coefficient (Wildman–Crippen LogP) is 4.85. The minimum Gasteiger partial charge on any atom is -0.490 e. The molecule has 0 bridgehead atoms. The van der Waals surface area contributed by atoms with Crippen molar-refractivity contribution in [1.82, 2.24) is 10.2 Å². The number of benzene rings is 2. The first kappa shape index (κ1) is 21.3. The number of nitrogens with zero attached hydrogens (tertiary/aromatic N) is 1. The van der Waals surface area contributed by atoms with Crippen LogP contribution < -0.4 is 10.1 Å². The third kappa shape index (κ3) is 6.56. The lowest BCUT2D eigenvalue weighted by atomic mass is 10.1. The molecule has 2 aromatic carbocycles. The first-order valence-electron chi connectivity index (χ1n) is 9.35. The van der Waals surface area contributed by atoms with Gasteiger partial charge >= 0.3 is 0 Å². The molecule has 0 atom stereocenters. The highest BCUT2D eigenvalue weighted by molar-refractivity contribution is 6.42. The Bertz CT molecular complexity index is 791. The molecule has 0 unspecified atom stereocenters. The largest absolute Gasteiger partial charge is 0.490 e. The fraction of sp³-hybridized carbons (Fsp3) is 0.381. The van der Waals surface area contributed by atoms with Crippen LogP contribution in [0.15, 0.2) is 42.5 Å². The molecule has 150 valence electrons. The van der Waals surface area contributed by atoms with Crippen molar-refractivity contribution >= 4 is 40.7 Å². The SMILES string of the molecule is O=C(Cc1ccc(Cl)cc1)NCCN1CCC(Oc2ccc(Cl)c(Cl)c2)CC1. The van der Waals surface area contributed by atoms with Crippen LogP contribution in [0.5, 0.6) is 5.75 Å². The van der Waals surface area contributed by atoms with Gasteiger partial charge in [0.2, 0.25) is 5.91 Å². The molecule has 1 saturated heterocycles. The highest BCUT2D eigenvalue weighted by Gasteiger charge is 2.20. The topological polar surface area (TPSA) is 41.6 Å². The van der Waals surface area contributed by atoms with E-state index in [9.17, 15) is 4.79 Å². The Morgan fingerprint density at radius 1 is 1.04 bits per heavy atom. The zero-order valence-corrected chi connectivity index (χ0v) is 17.7. The van der Waals surface area contributed by atoms with Crippen molar-refractivity contribution in [3.63, 3.8) is 0 Å². The maximum absolute atomic E-state index is 12.0. The number of hydrogen-bond acceptors (Lipinski definition) is 3. The molecule has 0 saturated carbocycles. The molecule has 3 rings (SSSR count). The summed E-state index contributed by atoms with van der Waals surface area (Å²) in [4.78, 5) is 14.4. The van der Waals surface area contributed by atoms with Gasteiger partial charge in [0.05, 0.1) is 16.5 Å². The van der Waals surface area contributed by atoms with Gasteiger partial charge in [-0.05, 0) is 42.7 Å². The lowest BCUT2D eigenvalue weighted by molar-refractivity contribution is -0.120. The van der Waals surface area contributed by atoms with Crippen LogP contribution in [0.2, 0.25) is 15.1 Å². The summed E-state index contributed by atoms with van der Waals surface area (Å²) < 4.78 is 6.01. The quantitative estimate of drug-likeness (QED) is 0.668. The van der Waals surface area contributed by atoms with Crippen LogP contribution in [-0.4, -0.2) is 43.1 Å². The van der Waals surface area contributed by atoms with Gasteiger partial charge in [-0.25, -0.2) is 0 Å². The van der Waals surface area contributed by atoms with Crippen molar-refractivity contribution in [2.24, 2.45) is 0 Å². The van der Waals surface area contributed by atoms with Crippen molar-refractivity contribution in [2.45, 2.75) is 25.4 Å². The summed E-state index contributed by atoms with van der Waals surface area (Å²) in [5.41, 5.74) is 0.960. The number of nitrogens with one attached hydrogen (secondary N) is 1. The van der Waals surface area contributed by atoms with Gasteiger partial charge in [-0.3, -0.25) is 4.79 Å². The Balaban J connectivity index is 1.33. The average Bonchev–Trinajstić information content (AvgIpc) is 2.68. The number of halogens is 3. The van der Waals surface area contributed by atoms with Crippen molar-refractivity contribution < 1.29 is 9.53 Å². The third-order valence-electron chi connectivity index (χ3n) is 4.76. The molecular weight excluding hydrogens is 419 g/mol. The summed E-state index contributed by atoms with van der Waals surface area (Å²) in [6.07, 6.45) is 2.43. The first-order valence-corrected chi connectivity index (χ1v) is 10.5. The van der Waals surface area contributed by atoms with E-state index >= 15 is 0 Å². The molecule has 1 aliphatic heterocycles. The van der Waals surface area contributed by atoms with E-state index in [1.165, 1.54) is 0 Å². The zero-order valence-electron chi connectivity index (χ0n) is 15.5. The van der Waals surface area contributed by atoms with Gasteiger partial charge in [0.1, 0.15) is 11.9 Å². The fourth-order valence-corrected chi connectivity index (χ4v) is 3.61. The van der Waals surface area contributed by atoms with Gasteiger partial charge in [0, 0.05) is 37.3 Å². The summed E-state index contributed by atoms with van der Waals surface area (Å²) in [7, 11) is 0. The van der Waals surface area contributed by atoms with E-state index in [0.29, 0.717) is 28.0 Å². The summed E-state index contributed by atoms with van der Waals surface area (Å²) in [6, 6.07) is 12.7. The molecule has 0 aromatic heterocycles. The molecule has 1 amide bonds. The van der Waals surface area contributed by atoms with Crippen LogP contribution in [0.3, 0.4) is 0 Å². The molecule has 2 aromatic rings. The molecule has 0 spiro atoms. The van der Waals surface area contributed by atoms with E-state index in [-0.39, 0.29) is 12.0 Å². The fourth-order valence-electron chi connectivity index (χ4n) is 3.20. The second kappa shape index (κ2) is 10.4. The van der Waals surface area contributed by atoms with Crippen LogP contribution in [0, 0.1) is 0 Å². The molecule has 1 N–H and O–H groups in total. The van der Waals surface area contributed by atoms with E-state index in [1.807, 2.05) is 18.2 Å². The zero-order chi connectivity index (χ0) is 19.9. The van der Waals surface area contributed by atoms with Crippen LogP contribution in [-0.2, 0) is 11.2 Å². The van der Waals surface area contributed by atoms with Gasteiger partial charge in [0.25, 0.3) is 0 Å². The maximum atomic E-state index is 12.0. The van der Waals surface area contributed by atoms with Gasteiger partial charge in [0.15, 0.2) is 0 Å². The summed E-state index contributed by atoms with van der Waals surface area (Å²) >= 11 is 17.8. The molecule has 0 radical (unpaired) electrons. The Labute approximate surface area is 180 Å². The van der Waals surface area contributed by atoms with Crippen molar-refractivity contribution in [2.75, 3.05) is 26.2 Å². The predicted molar refractivity (Wildman–Crippen MR) is 115 cm³/mol. The molecule has 7 heteroatoms. The number of amides is 1. The highest BCUT2D eigenvalue weighted by Crippen LogP contribution is 2.28. The molecule has 4 nitrogen and oxygen atoms in total. The van der Waals surface area contributed by atoms with Gasteiger partial charge in [-0.1, -0.05) is 46.9 Å². The summed E-state index contributed by atoms with van der Waals surface area (Å²) in [6.45, 7) is 3.37.